The van der Waals surface area contributed by atoms with Crippen LogP contribution in [0.5, 0.6) is 0 Å². The van der Waals surface area contributed by atoms with Gasteiger partial charge < -0.3 is 4.90 Å². The van der Waals surface area contributed by atoms with Gasteiger partial charge >= 0.3 is 0 Å². The van der Waals surface area contributed by atoms with E-state index in [0.717, 1.165) is 35.6 Å². The van der Waals surface area contributed by atoms with E-state index in [-0.39, 0.29) is 11.3 Å². The molecule has 2 aliphatic heterocycles. The highest BCUT2D eigenvalue weighted by Crippen LogP contribution is 2.39. The third-order valence-corrected chi connectivity index (χ3v) is 5.00. The van der Waals surface area contributed by atoms with Gasteiger partial charge in [-0.25, -0.2) is 4.98 Å². The summed E-state index contributed by atoms with van der Waals surface area (Å²) in [6, 6.07) is 0.706. The Morgan fingerprint density at radius 3 is 2.65 bits per heavy atom. The van der Waals surface area contributed by atoms with Crippen molar-refractivity contribution in [2.75, 3.05) is 0 Å². The van der Waals surface area contributed by atoms with E-state index >= 15 is 0 Å². The van der Waals surface area contributed by atoms with E-state index < -0.39 is 0 Å². The van der Waals surface area contributed by atoms with Gasteiger partial charge in [0.25, 0.3) is 5.91 Å². The fraction of sp³-hybridized carbons (Fsp3) is 0.667. The highest BCUT2D eigenvalue weighted by atomic mass is 35.5. The number of amides is 1. The number of alkyl halides is 1. The number of fused-ring (bicyclic) bond motifs is 2. The van der Waals surface area contributed by atoms with Gasteiger partial charge in [-0.1, -0.05) is 0 Å². The Hall–Kier alpha value is -0.610. The summed E-state index contributed by atoms with van der Waals surface area (Å²) >= 11 is 7.71. The topological polar surface area (TPSA) is 33.2 Å². The molecule has 0 aliphatic carbocycles. The summed E-state index contributed by atoms with van der Waals surface area (Å²) in [5.41, 5.74) is 0. The summed E-state index contributed by atoms with van der Waals surface area (Å²) in [5.74, 6) is 0.159. The van der Waals surface area contributed by atoms with Crippen molar-refractivity contribution in [3.8, 4) is 0 Å². The molecule has 2 atom stereocenters. The predicted octanol–water partition coefficient (Wildman–Crippen LogP) is 2.83. The highest BCUT2D eigenvalue weighted by molar-refractivity contribution is 7.13. The summed E-state index contributed by atoms with van der Waals surface area (Å²) < 4.78 is 0. The van der Waals surface area contributed by atoms with E-state index in [4.69, 9.17) is 11.6 Å². The molecule has 3 rings (SSSR count). The minimum Gasteiger partial charge on any atom is -0.332 e. The molecule has 2 saturated heterocycles. The molecule has 2 bridgehead atoms. The number of hydrogen-bond donors (Lipinski definition) is 0. The molecule has 92 valence electrons. The van der Waals surface area contributed by atoms with Crippen molar-refractivity contribution in [3.05, 3.63) is 16.1 Å². The molecule has 5 heteroatoms. The van der Waals surface area contributed by atoms with Crippen molar-refractivity contribution in [2.45, 2.75) is 50.1 Å². The summed E-state index contributed by atoms with van der Waals surface area (Å²) in [6.45, 7) is 1.93. The Morgan fingerprint density at radius 1 is 1.47 bits per heavy atom. The quantitative estimate of drug-likeness (QED) is 0.735. The van der Waals surface area contributed by atoms with Crippen molar-refractivity contribution in [1.29, 1.82) is 0 Å². The molecule has 0 spiro atoms. The number of piperidine rings is 1. The van der Waals surface area contributed by atoms with Crippen molar-refractivity contribution >= 4 is 28.8 Å². The Labute approximate surface area is 110 Å². The average molecular weight is 271 g/mol. The standard InChI is InChI=1S/C12H15ClN2OS/c1-7-14-6-11(17-7)12(16)15-9-2-3-10(15)5-8(13)4-9/h6,8-10H,2-5H2,1H3. The first-order chi connectivity index (χ1) is 8.15. The molecular weight excluding hydrogens is 256 g/mol. The highest BCUT2D eigenvalue weighted by Gasteiger charge is 2.43. The lowest BCUT2D eigenvalue weighted by Gasteiger charge is -2.36. The second-order valence-corrected chi connectivity index (χ2v) is 6.76. The van der Waals surface area contributed by atoms with E-state index in [9.17, 15) is 4.79 Å². The van der Waals surface area contributed by atoms with Crippen LogP contribution in [0.4, 0.5) is 0 Å². The number of carbonyl (C=O) groups excluding carboxylic acids is 1. The monoisotopic (exact) mass is 270 g/mol. The number of nitrogens with zero attached hydrogens (tertiary/aromatic N) is 2. The van der Waals surface area contributed by atoms with Crippen LogP contribution in [-0.4, -0.2) is 33.3 Å². The number of aromatic nitrogens is 1. The largest absolute Gasteiger partial charge is 0.332 e. The van der Waals surface area contributed by atoms with E-state index in [0.29, 0.717) is 12.1 Å². The number of aryl methyl sites for hydroxylation is 1. The molecule has 1 aromatic heterocycles. The minimum atomic E-state index is 0.159. The third-order valence-electron chi connectivity index (χ3n) is 3.74. The van der Waals surface area contributed by atoms with Crippen LogP contribution in [0.25, 0.3) is 0 Å². The van der Waals surface area contributed by atoms with Gasteiger partial charge in [-0.05, 0) is 32.6 Å². The number of halogens is 1. The van der Waals surface area contributed by atoms with Gasteiger partial charge in [0.1, 0.15) is 4.88 Å². The average Bonchev–Trinajstić information content (AvgIpc) is 2.81. The zero-order chi connectivity index (χ0) is 12.0. The van der Waals surface area contributed by atoms with Crippen LogP contribution in [0, 0.1) is 6.92 Å². The van der Waals surface area contributed by atoms with E-state index in [2.05, 4.69) is 9.88 Å². The normalized spacial score (nSPS) is 31.9. The maximum absolute atomic E-state index is 12.4. The van der Waals surface area contributed by atoms with Gasteiger partial charge in [0.2, 0.25) is 0 Å². The Morgan fingerprint density at radius 2 is 2.12 bits per heavy atom. The maximum Gasteiger partial charge on any atom is 0.266 e. The lowest BCUT2D eigenvalue weighted by Crippen LogP contribution is -2.46. The molecule has 0 N–H and O–H groups in total. The van der Waals surface area contributed by atoms with Crippen molar-refractivity contribution in [3.63, 3.8) is 0 Å². The fourth-order valence-corrected chi connectivity index (χ4v) is 4.16. The van der Waals surface area contributed by atoms with E-state index in [1.165, 1.54) is 11.3 Å². The van der Waals surface area contributed by atoms with Gasteiger partial charge in [-0.3, -0.25) is 4.79 Å². The predicted molar refractivity (Wildman–Crippen MR) is 68.7 cm³/mol. The smallest absolute Gasteiger partial charge is 0.266 e. The van der Waals surface area contributed by atoms with Crippen molar-refractivity contribution in [2.24, 2.45) is 0 Å². The Balaban J connectivity index is 1.83. The summed E-state index contributed by atoms with van der Waals surface area (Å²) in [6.07, 6.45) is 5.81. The molecule has 1 amide bonds. The molecule has 2 fully saturated rings. The Bertz CT molecular complexity index is 433. The van der Waals surface area contributed by atoms with E-state index in [1.54, 1.807) is 6.20 Å². The van der Waals surface area contributed by atoms with Crippen molar-refractivity contribution in [1.82, 2.24) is 9.88 Å². The molecule has 0 radical (unpaired) electrons. The molecule has 3 nitrogen and oxygen atoms in total. The van der Waals surface area contributed by atoms with Crippen molar-refractivity contribution < 1.29 is 4.79 Å². The number of rotatable bonds is 1. The zero-order valence-corrected chi connectivity index (χ0v) is 11.3. The molecule has 0 saturated carbocycles. The van der Waals surface area contributed by atoms with Gasteiger partial charge in [0.15, 0.2) is 0 Å². The first kappa shape index (κ1) is 11.5. The van der Waals surface area contributed by atoms with Crippen LogP contribution < -0.4 is 0 Å². The molecule has 2 aliphatic rings. The summed E-state index contributed by atoms with van der Waals surface area (Å²) in [5, 5.41) is 1.20. The summed E-state index contributed by atoms with van der Waals surface area (Å²) in [7, 11) is 0. The molecule has 2 unspecified atom stereocenters. The Kier molecular flexibility index (Phi) is 2.87. The van der Waals surface area contributed by atoms with Crippen LogP contribution >= 0.6 is 22.9 Å². The van der Waals surface area contributed by atoms with Crippen LogP contribution in [0.2, 0.25) is 0 Å². The molecule has 17 heavy (non-hydrogen) atoms. The number of hydrogen-bond acceptors (Lipinski definition) is 3. The SMILES string of the molecule is Cc1ncc(C(=O)N2C3CCC2CC(Cl)C3)s1. The molecule has 1 aromatic rings. The fourth-order valence-electron chi connectivity index (χ4n) is 3.03. The second-order valence-electron chi connectivity index (χ2n) is 4.91. The van der Waals surface area contributed by atoms with Gasteiger partial charge in [0, 0.05) is 17.5 Å². The molecule has 0 aromatic carbocycles. The van der Waals surface area contributed by atoms with Crippen LogP contribution in [0.1, 0.15) is 40.4 Å². The molecule has 3 heterocycles. The first-order valence-corrected chi connectivity index (χ1v) is 7.29. The number of thiazole rings is 1. The zero-order valence-electron chi connectivity index (χ0n) is 9.73. The van der Waals surface area contributed by atoms with E-state index in [1.807, 2.05) is 6.92 Å². The van der Waals surface area contributed by atoms with Gasteiger partial charge in [-0.2, -0.15) is 0 Å². The lowest BCUT2D eigenvalue weighted by atomic mass is 10.0. The first-order valence-electron chi connectivity index (χ1n) is 6.04. The second kappa shape index (κ2) is 4.25. The third kappa shape index (κ3) is 1.97. The van der Waals surface area contributed by atoms with Crippen LogP contribution in [0.3, 0.4) is 0 Å². The minimum absolute atomic E-state index is 0.159. The molecular formula is C12H15ClN2OS. The summed E-state index contributed by atoms with van der Waals surface area (Å²) in [4.78, 5) is 19.4. The maximum atomic E-state index is 12.4. The van der Waals surface area contributed by atoms with Gasteiger partial charge in [-0.15, -0.1) is 22.9 Å². The number of carbonyl (C=O) groups is 1. The van der Waals surface area contributed by atoms with Crippen LogP contribution in [-0.2, 0) is 0 Å². The van der Waals surface area contributed by atoms with Crippen LogP contribution in [0.15, 0.2) is 6.20 Å². The lowest BCUT2D eigenvalue weighted by molar-refractivity contribution is 0.0604. The van der Waals surface area contributed by atoms with Gasteiger partial charge in [0.05, 0.1) is 11.2 Å².